The largest absolute Gasteiger partial charge is 0.512 e. The first-order valence-corrected chi connectivity index (χ1v) is 20.2. The molecule has 56 heavy (non-hydrogen) atoms. The number of allylic oxidation sites excluding steroid dienone is 2. The maximum Gasteiger partial charge on any atom is 0.164 e. The second-order valence-electron chi connectivity index (χ2n) is 17.3. The number of aliphatic hydroxyl groups excluding tert-OH is 1. The Bertz CT molecular complexity index is 2340. The van der Waals surface area contributed by atoms with E-state index < -0.39 is 0 Å². The van der Waals surface area contributed by atoms with Crippen LogP contribution in [0.5, 0.6) is 0 Å². The Kier molecular flexibility index (Phi) is 14.1. The van der Waals surface area contributed by atoms with Crippen molar-refractivity contribution in [2.45, 2.75) is 128 Å². The topological polar surface area (TPSA) is 76.5 Å². The van der Waals surface area contributed by atoms with E-state index in [1.165, 1.54) is 28.0 Å². The number of pyridine rings is 1. The molecule has 0 spiro atoms. The van der Waals surface area contributed by atoms with Crippen LogP contribution >= 0.6 is 0 Å². The molecule has 6 aromatic rings. The summed E-state index contributed by atoms with van der Waals surface area (Å²) in [4.78, 5) is 17.1. The van der Waals surface area contributed by atoms with Crippen LogP contribution in [0.25, 0.3) is 55.3 Å². The van der Waals surface area contributed by atoms with Gasteiger partial charge in [-0.2, -0.15) is 0 Å². The number of aliphatic hydroxyl groups is 1. The Labute approximate surface area is 348 Å². The molecule has 0 saturated carbocycles. The molecule has 3 aromatic heterocycles. The maximum absolute atomic E-state index is 12.2. The minimum Gasteiger partial charge on any atom is -0.512 e. The first-order valence-electron chi connectivity index (χ1n) is 20.2. The van der Waals surface area contributed by atoms with Crippen LogP contribution < -0.4 is 0 Å². The number of carbonyl (C=O) groups excluding carboxylic acids is 1. The summed E-state index contributed by atoms with van der Waals surface area (Å²) in [6.07, 6.45) is 7.58. The summed E-state index contributed by atoms with van der Waals surface area (Å²) >= 11 is 0. The average molecular weight is 933 g/mol. The zero-order valence-electron chi connectivity index (χ0n) is 35.9. The Morgan fingerprint density at radius 2 is 1.48 bits per heavy atom. The quantitative estimate of drug-likeness (QED) is 0.0796. The molecule has 1 N–H and O–H groups in total. The van der Waals surface area contributed by atoms with Gasteiger partial charge in [0.25, 0.3) is 0 Å². The fraction of sp³-hybridized carbons (Fsp3) is 0.440. The number of nitrogens with zero attached hydrogens (tertiary/aromatic N) is 1. The molecule has 0 amide bonds. The summed E-state index contributed by atoms with van der Waals surface area (Å²) in [5.41, 5.74) is 7.60. The van der Waals surface area contributed by atoms with Gasteiger partial charge in [-0.05, 0) is 75.0 Å². The van der Waals surface area contributed by atoms with Crippen LogP contribution in [0, 0.1) is 36.7 Å². The van der Waals surface area contributed by atoms with Crippen molar-refractivity contribution in [2.24, 2.45) is 16.7 Å². The standard InChI is InChI=1S/C35H34NO2.C15H28O2.Ir/c1-20(2)17-28-22(4)37-34-26(28)13-10-14-27(34)33-21(3)31-30(38-33)15-16-36-32(31)24-18-23-11-8-9-12-25(23)29(19-24)35(5,6)7;1-7-14(5,8-2)12(16)11-13(17)15(6,9-3)10-4;/h8-16,19-20H,17H2,1-7H3;11,16H,7-10H2,1-6H3;/q-1;;/b;12-11-;. The van der Waals surface area contributed by atoms with Gasteiger partial charge in [-0.1, -0.05) is 117 Å². The number of aryl methyl sites for hydroxylation is 2. The predicted octanol–water partition coefficient (Wildman–Crippen LogP) is 14.6. The molecule has 0 aliphatic rings. The maximum atomic E-state index is 12.2. The van der Waals surface area contributed by atoms with Crippen LogP contribution in [0.2, 0.25) is 0 Å². The van der Waals surface area contributed by atoms with Gasteiger partial charge in [-0.25, -0.2) is 0 Å². The number of furan rings is 2. The third-order valence-corrected chi connectivity index (χ3v) is 12.2. The van der Waals surface area contributed by atoms with E-state index >= 15 is 0 Å². The third kappa shape index (κ3) is 8.77. The molecule has 0 bridgehead atoms. The fourth-order valence-electron chi connectivity index (χ4n) is 7.44. The summed E-state index contributed by atoms with van der Waals surface area (Å²) < 4.78 is 12.9. The number of fused-ring (bicyclic) bond motifs is 3. The van der Waals surface area contributed by atoms with E-state index in [9.17, 15) is 9.90 Å². The van der Waals surface area contributed by atoms with Gasteiger partial charge in [-0.3, -0.25) is 9.78 Å². The number of hydrogen-bond donors (Lipinski definition) is 1. The number of aromatic nitrogens is 1. The Balaban J connectivity index is 0.000000330. The average Bonchev–Trinajstić information content (AvgIpc) is 3.68. The molecule has 6 heteroatoms. The van der Waals surface area contributed by atoms with Gasteiger partial charge < -0.3 is 13.9 Å². The smallest absolute Gasteiger partial charge is 0.164 e. The van der Waals surface area contributed by atoms with Crippen LogP contribution in [-0.2, 0) is 36.7 Å². The van der Waals surface area contributed by atoms with E-state index in [0.29, 0.717) is 5.92 Å². The van der Waals surface area contributed by atoms with E-state index in [0.717, 1.165) is 87.9 Å². The molecule has 0 saturated heterocycles. The molecular weight excluding hydrogens is 871 g/mol. The zero-order chi connectivity index (χ0) is 40.5. The summed E-state index contributed by atoms with van der Waals surface area (Å²) in [6, 6.07) is 22.7. The molecule has 301 valence electrons. The molecule has 6 rings (SSSR count). The van der Waals surface area contributed by atoms with Crippen molar-refractivity contribution < 1.29 is 38.8 Å². The monoisotopic (exact) mass is 933 g/mol. The third-order valence-electron chi connectivity index (χ3n) is 12.2. The normalized spacial score (nSPS) is 12.6. The Morgan fingerprint density at radius 3 is 2.09 bits per heavy atom. The molecule has 0 atom stereocenters. The van der Waals surface area contributed by atoms with E-state index in [1.54, 1.807) is 0 Å². The van der Waals surface area contributed by atoms with Crippen molar-refractivity contribution in [3.05, 3.63) is 101 Å². The van der Waals surface area contributed by atoms with Crippen LogP contribution in [0.15, 0.2) is 81.5 Å². The van der Waals surface area contributed by atoms with Gasteiger partial charge in [0.1, 0.15) is 28.4 Å². The second kappa shape index (κ2) is 17.7. The summed E-state index contributed by atoms with van der Waals surface area (Å²) in [7, 11) is 0. The number of benzene rings is 3. The zero-order valence-corrected chi connectivity index (χ0v) is 38.3. The number of hydrogen-bond acceptors (Lipinski definition) is 5. The first-order chi connectivity index (χ1) is 25.9. The van der Waals surface area contributed by atoms with Crippen molar-refractivity contribution >= 4 is 38.5 Å². The van der Waals surface area contributed by atoms with E-state index in [1.807, 2.05) is 53.8 Å². The van der Waals surface area contributed by atoms with Crippen LogP contribution in [0.1, 0.15) is 124 Å². The SMILES string of the molecule is CCC(C)(CC)C(=O)/C=C(\O)C(C)(CC)CC.Cc1oc2c(-c3oc4ccnc(-c5[c-]c6ccccc6c(C(C)(C)C)c5)c4c3C)cccc2c1CC(C)C.[Ir]. The van der Waals surface area contributed by atoms with E-state index in [2.05, 4.69) is 103 Å². The van der Waals surface area contributed by atoms with Crippen LogP contribution in [0.4, 0.5) is 0 Å². The summed E-state index contributed by atoms with van der Waals surface area (Å²) in [5, 5.41) is 14.7. The van der Waals surface area contributed by atoms with Gasteiger partial charge >= 0.3 is 0 Å². The van der Waals surface area contributed by atoms with Crippen molar-refractivity contribution in [3.63, 3.8) is 0 Å². The van der Waals surface area contributed by atoms with Gasteiger partial charge in [0, 0.05) is 65.2 Å². The molecule has 1 radical (unpaired) electrons. The van der Waals surface area contributed by atoms with Crippen LogP contribution in [-0.4, -0.2) is 15.9 Å². The fourth-order valence-corrected chi connectivity index (χ4v) is 7.44. The number of rotatable bonds is 11. The predicted molar refractivity (Wildman–Crippen MR) is 231 cm³/mol. The van der Waals surface area contributed by atoms with Crippen molar-refractivity contribution in [1.29, 1.82) is 0 Å². The number of carbonyl (C=O) groups is 1. The van der Waals surface area contributed by atoms with E-state index in [4.69, 9.17) is 13.8 Å². The molecule has 3 heterocycles. The van der Waals surface area contributed by atoms with Crippen molar-refractivity contribution in [3.8, 4) is 22.6 Å². The van der Waals surface area contributed by atoms with Crippen LogP contribution in [0.3, 0.4) is 0 Å². The first kappa shape index (κ1) is 44.7. The molecule has 0 unspecified atom stereocenters. The minimum atomic E-state index is -0.337. The molecule has 0 aliphatic carbocycles. The van der Waals surface area contributed by atoms with Crippen molar-refractivity contribution in [1.82, 2.24) is 4.98 Å². The van der Waals surface area contributed by atoms with E-state index in [-0.39, 0.29) is 47.9 Å². The molecule has 0 aliphatic heterocycles. The Morgan fingerprint density at radius 1 is 0.857 bits per heavy atom. The van der Waals surface area contributed by atoms with Crippen molar-refractivity contribution in [2.75, 3.05) is 0 Å². The summed E-state index contributed by atoms with van der Waals surface area (Å²) in [6.45, 7) is 27.5. The molecule has 5 nitrogen and oxygen atoms in total. The van der Waals surface area contributed by atoms with Gasteiger partial charge in [-0.15, -0.1) is 29.1 Å². The minimum absolute atomic E-state index is 0. The molecular formula is C50H62IrNO4-. The number of para-hydroxylation sites is 1. The van der Waals surface area contributed by atoms with Gasteiger partial charge in [0.15, 0.2) is 5.78 Å². The van der Waals surface area contributed by atoms with Gasteiger partial charge in [0.2, 0.25) is 0 Å². The Hall–Kier alpha value is -3.99. The summed E-state index contributed by atoms with van der Waals surface area (Å²) in [5.74, 6) is 2.66. The molecule has 0 fully saturated rings. The second-order valence-corrected chi connectivity index (χ2v) is 17.3. The van der Waals surface area contributed by atoms with Gasteiger partial charge in [0.05, 0.1) is 5.56 Å². The number of ketones is 1. The molecule has 3 aromatic carbocycles.